The van der Waals surface area contributed by atoms with Crippen molar-refractivity contribution in [1.29, 1.82) is 0 Å². The molecule has 0 aliphatic carbocycles. The Bertz CT molecular complexity index is 1060. The van der Waals surface area contributed by atoms with Crippen LogP contribution >= 0.6 is 0 Å². The van der Waals surface area contributed by atoms with Crippen LogP contribution < -0.4 is 10.6 Å². The summed E-state index contributed by atoms with van der Waals surface area (Å²) < 4.78 is 0. The van der Waals surface area contributed by atoms with Crippen LogP contribution in [0, 0.1) is 0 Å². The highest BCUT2D eigenvalue weighted by Crippen LogP contribution is 2.19. The SMILES string of the molecule is C[C@H](NC(=O)c1ccc2ncccc2c1)C(=O)N1CCC[C@H]1C(=O)NC(C=O)CC(=O)O. The first-order valence-corrected chi connectivity index (χ1v) is 10.2. The molecule has 2 aromatic rings. The first-order chi connectivity index (χ1) is 15.3. The van der Waals surface area contributed by atoms with Gasteiger partial charge in [0.15, 0.2) is 0 Å². The molecule has 0 radical (unpaired) electrons. The number of fused-ring (bicyclic) bond motifs is 1. The van der Waals surface area contributed by atoms with Crippen LogP contribution in [0.25, 0.3) is 10.9 Å². The number of rotatable bonds is 8. The van der Waals surface area contributed by atoms with Crippen LogP contribution in [0.15, 0.2) is 36.5 Å². The van der Waals surface area contributed by atoms with Crippen molar-refractivity contribution in [3.63, 3.8) is 0 Å². The van der Waals surface area contributed by atoms with Gasteiger partial charge in [-0.3, -0.25) is 24.2 Å². The van der Waals surface area contributed by atoms with E-state index in [1.807, 2.05) is 6.07 Å². The van der Waals surface area contributed by atoms with Crippen molar-refractivity contribution < 1.29 is 29.1 Å². The first-order valence-electron chi connectivity index (χ1n) is 10.2. The zero-order chi connectivity index (χ0) is 23.3. The van der Waals surface area contributed by atoms with E-state index in [-0.39, 0.29) is 0 Å². The predicted octanol–water partition coefficient (Wildman–Crippen LogP) is 0.503. The maximum Gasteiger partial charge on any atom is 0.305 e. The second-order valence-electron chi connectivity index (χ2n) is 7.64. The Morgan fingerprint density at radius 2 is 2.03 bits per heavy atom. The number of carboxylic acid groups (broad SMARTS) is 1. The number of amides is 3. The minimum absolute atomic E-state index is 0.323. The predicted molar refractivity (Wildman–Crippen MR) is 114 cm³/mol. The standard InChI is InChI=1S/C22H24N4O6/c1-13(24-20(30)15-6-7-17-14(10-15)4-2-8-23-17)22(32)26-9-3-5-18(26)21(31)25-16(12-27)11-19(28)29/h2,4,6-8,10,12-13,16,18H,3,5,9,11H2,1H3,(H,24,30)(H,25,31)(H,28,29)/t13-,16?,18-/m0/s1. The summed E-state index contributed by atoms with van der Waals surface area (Å²) in [7, 11) is 0. The third kappa shape index (κ3) is 5.26. The summed E-state index contributed by atoms with van der Waals surface area (Å²) in [5.41, 5.74) is 1.12. The van der Waals surface area contributed by atoms with Gasteiger partial charge in [-0.15, -0.1) is 0 Å². The van der Waals surface area contributed by atoms with E-state index in [2.05, 4.69) is 15.6 Å². The number of likely N-dealkylation sites (tertiary alicyclic amines) is 1. The lowest BCUT2D eigenvalue weighted by Gasteiger charge is -2.27. The maximum absolute atomic E-state index is 12.9. The van der Waals surface area contributed by atoms with Gasteiger partial charge < -0.3 is 25.4 Å². The van der Waals surface area contributed by atoms with Crippen LogP contribution in [0.5, 0.6) is 0 Å². The summed E-state index contributed by atoms with van der Waals surface area (Å²) in [5, 5.41) is 14.6. The molecule has 3 N–H and O–H groups in total. The number of pyridine rings is 1. The second-order valence-corrected chi connectivity index (χ2v) is 7.64. The largest absolute Gasteiger partial charge is 0.481 e. The maximum atomic E-state index is 12.9. The van der Waals surface area contributed by atoms with Gasteiger partial charge in [0.25, 0.3) is 5.91 Å². The number of carboxylic acids is 1. The van der Waals surface area contributed by atoms with E-state index in [0.29, 0.717) is 31.2 Å². The zero-order valence-electron chi connectivity index (χ0n) is 17.5. The van der Waals surface area contributed by atoms with Crippen LogP contribution in [0.4, 0.5) is 0 Å². The Morgan fingerprint density at radius 1 is 1.25 bits per heavy atom. The van der Waals surface area contributed by atoms with E-state index in [4.69, 9.17) is 5.11 Å². The van der Waals surface area contributed by atoms with Crippen molar-refractivity contribution in [3.05, 3.63) is 42.1 Å². The topological polar surface area (TPSA) is 146 Å². The fourth-order valence-electron chi connectivity index (χ4n) is 3.71. The molecule has 3 rings (SSSR count). The first kappa shape index (κ1) is 22.9. The van der Waals surface area contributed by atoms with Crippen molar-refractivity contribution >= 4 is 40.9 Å². The van der Waals surface area contributed by atoms with E-state index >= 15 is 0 Å². The van der Waals surface area contributed by atoms with Crippen molar-refractivity contribution in [2.45, 2.75) is 44.3 Å². The summed E-state index contributed by atoms with van der Waals surface area (Å²) >= 11 is 0. The van der Waals surface area contributed by atoms with Gasteiger partial charge in [0.1, 0.15) is 18.4 Å². The summed E-state index contributed by atoms with van der Waals surface area (Å²) in [4.78, 5) is 65.5. The normalized spacial score (nSPS) is 17.4. The molecule has 1 aromatic carbocycles. The Balaban J connectivity index is 1.64. The van der Waals surface area contributed by atoms with E-state index in [1.165, 1.54) is 11.8 Å². The molecule has 1 unspecified atom stereocenters. The summed E-state index contributed by atoms with van der Waals surface area (Å²) in [6, 6.07) is 5.73. The smallest absolute Gasteiger partial charge is 0.305 e. The zero-order valence-corrected chi connectivity index (χ0v) is 17.5. The van der Waals surface area contributed by atoms with Gasteiger partial charge in [-0.2, -0.15) is 0 Å². The summed E-state index contributed by atoms with van der Waals surface area (Å²) in [5.74, 6) is -2.67. The van der Waals surface area contributed by atoms with Crippen molar-refractivity contribution in [2.75, 3.05) is 6.54 Å². The lowest BCUT2D eigenvalue weighted by Crippen LogP contribution is -2.54. The van der Waals surface area contributed by atoms with Gasteiger partial charge in [-0.05, 0) is 44.0 Å². The fourth-order valence-corrected chi connectivity index (χ4v) is 3.71. The van der Waals surface area contributed by atoms with Gasteiger partial charge in [0.05, 0.1) is 18.0 Å². The number of aromatic nitrogens is 1. The number of nitrogens with one attached hydrogen (secondary N) is 2. The average Bonchev–Trinajstić information content (AvgIpc) is 3.27. The molecule has 3 amide bonds. The molecular formula is C22H24N4O6. The van der Waals surface area contributed by atoms with Gasteiger partial charge in [0.2, 0.25) is 11.8 Å². The number of nitrogens with zero attached hydrogens (tertiary/aromatic N) is 2. The van der Waals surface area contributed by atoms with Crippen molar-refractivity contribution in [3.8, 4) is 0 Å². The molecule has 0 saturated carbocycles. The van der Waals surface area contributed by atoms with Crippen LogP contribution in [-0.4, -0.2) is 69.6 Å². The molecule has 1 aliphatic rings. The fraction of sp³-hybridized carbons (Fsp3) is 0.364. The van der Waals surface area contributed by atoms with E-state index < -0.39 is 48.2 Å². The average molecular weight is 440 g/mol. The highest BCUT2D eigenvalue weighted by Gasteiger charge is 2.37. The number of hydrogen-bond acceptors (Lipinski definition) is 6. The molecule has 2 heterocycles. The minimum atomic E-state index is -1.22. The Hall–Kier alpha value is -3.82. The number of benzene rings is 1. The molecule has 1 aliphatic heterocycles. The van der Waals surface area contributed by atoms with Gasteiger partial charge >= 0.3 is 5.97 Å². The summed E-state index contributed by atoms with van der Waals surface area (Å²) in [6.45, 7) is 1.86. The quantitative estimate of drug-likeness (QED) is 0.507. The van der Waals surface area contributed by atoms with Crippen LogP contribution in [0.1, 0.15) is 36.5 Å². The van der Waals surface area contributed by atoms with Crippen LogP contribution in [-0.2, 0) is 19.2 Å². The Labute approximate surface area is 184 Å². The van der Waals surface area contributed by atoms with Crippen LogP contribution in [0.3, 0.4) is 0 Å². The molecule has 10 nitrogen and oxygen atoms in total. The molecule has 168 valence electrons. The second kappa shape index (κ2) is 9.99. The molecular weight excluding hydrogens is 416 g/mol. The minimum Gasteiger partial charge on any atom is -0.481 e. The number of carbonyl (C=O) groups is 5. The highest BCUT2D eigenvalue weighted by atomic mass is 16.4. The number of aldehydes is 1. The van der Waals surface area contributed by atoms with E-state index in [1.54, 1.807) is 30.5 Å². The third-order valence-electron chi connectivity index (χ3n) is 5.31. The highest BCUT2D eigenvalue weighted by molar-refractivity contribution is 6.00. The number of hydrogen-bond donors (Lipinski definition) is 3. The Morgan fingerprint density at radius 3 is 2.75 bits per heavy atom. The number of carbonyl (C=O) groups excluding carboxylic acids is 4. The van der Waals surface area contributed by atoms with E-state index in [0.717, 1.165) is 10.9 Å². The summed E-state index contributed by atoms with van der Waals surface area (Å²) in [6.07, 6.45) is 2.44. The molecule has 1 saturated heterocycles. The lowest BCUT2D eigenvalue weighted by molar-refractivity contribution is -0.141. The molecule has 32 heavy (non-hydrogen) atoms. The molecule has 0 bridgehead atoms. The Kier molecular flexibility index (Phi) is 7.14. The third-order valence-corrected chi connectivity index (χ3v) is 5.31. The molecule has 1 aromatic heterocycles. The number of aliphatic carboxylic acids is 1. The van der Waals surface area contributed by atoms with Crippen LogP contribution in [0.2, 0.25) is 0 Å². The van der Waals surface area contributed by atoms with Gasteiger partial charge in [0, 0.05) is 23.7 Å². The van der Waals surface area contributed by atoms with Gasteiger partial charge in [-0.1, -0.05) is 6.07 Å². The van der Waals surface area contributed by atoms with E-state index in [9.17, 15) is 24.0 Å². The lowest BCUT2D eigenvalue weighted by atomic mass is 10.1. The van der Waals surface area contributed by atoms with Crippen molar-refractivity contribution in [2.24, 2.45) is 0 Å². The molecule has 1 fully saturated rings. The van der Waals surface area contributed by atoms with Gasteiger partial charge in [-0.25, -0.2) is 0 Å². The molecule has 10 heteroatoms. The van der Waals surface area contributed by atoms with Crippen molar-refractivity contribution in [1.82, 2.24) is 20.5 Å². The molecule has 0 spiro atoms. The monoisotopic (exact) mass is 440 g/mol. The molecule has 3 atom stereocenters.